The van der Waals surface area contributed by atoms with E-state index in [9.17, 15) is 9.59 Å². The Hall–Kier alpha value is -1.65. The second-order valence-corrected chi connectivity index (χ2v) is 4.14. The first-order valence-corrected chi connectivity index (χ1v) is 5.46. The van der Waals surface area contributed by atoms with Crippen LogP contribution in [0.1, 0.15) is 46.8 Å². The molecule has 0 saturated heterocycles. The molecule has 0 aliphatic carbocycles. The van der Waals surface area contributed by atoms with Crippen molar-refractivity contribution in [3.05, 3.63) is 17.0 Å². The zero-order valence-corrected chi connectivity index (χ0v) is 9.70. The van der Waals surface area contributed by atoms with Crippen LogP contribution in [0.25, 0.3) is 0 Å². The van der Waals surface area contributed by atoms with Crippen molar-refractivity contribution in [2.24, 2.45) is 0 Å². The third-order valence-corrected chi connectivity index (χ3v) is 2.77. The molecule has 5 heteroatoms. The van der Waals surface area contributed by atoms with E-state index in [0.717, 1.165) is 0 Å². The number of hydrogen-bond donors (Lipinski definition) is 1. The molecule has 1 aromatic rings. The number of fused-ring (bicyclic) bond motifs is 1. The van der Waals surface area contributed by atoms with Gasteiger partial charge >= 0.3 is 0 Å². The fraction of sp³-hybridized carbons (Fsp3) is 0.545. The minimum Gasteiger partial charge on any atom is -0.346 e. The molecule has 1 unspecified atom stereocenters. The Bertz CT molecular complexity index is 462. The van der Waals surface area contributed by atoms with E-state index in [2.05, 4.69) is 10.4 Å². The van der Waals surface area contributed by atoms with E-state index < -0.39 is 0 Å². The lowest BCUT2D eigenvalue weighted by molar-refractivity contribution is 0.0888. The summed E-state index contributed by atoms with van der Waals surface area (Å²) in [4.78, 5) is 23.6. The van der Waals surface area contributed by atoms with E-state index in [4.69, 9.17) is 0 Å². The van der Waals surface area contributed by atoms with E-state index in [1.807, 2.05) is 6.92 Å². The van der Waals surface area contributed by atoms with Gasteiger partial charge in [0.15, 0.2) is 5.78 Å². The Morgan fingerprint density at radius 3 is 2.94 bits per heavy atom. The Kier molecular flexibility index (Phi) is 2.53. The Morgan fingerprint density at radius 1 is 1.62 bits per heavy atom. The number of Topliss-reactive ketones (excluding diaryl/α,β-unsaturated/α-hetero) is 1. The van der Waals surface area contributed by atoms with Gasteiger partial charge in [-0.25, -0.2) is 0 Å². The summed E-state index contributed by atoms with van der Waals surface area (Å²) in [6, 6.07) is 0.0591. The molecule has 86 valence electrons. The van der Waals surface area contributed by atoms with Crippen LogP contribution in [0.15, 0.2) is 0 Å². The topological polar surface area (TPSA) is 64.0 Å². The quantitative estimate of drug-likeness (QED) is 0.755. The fourth-order valence-electron chi connectivity index (χ4n) is 2.05. The summed E-state index contributed by atoms with van der Waals surface area (Å²) in [6.45, 7) is 6.10. The molecule has 2 heterocycles. The highest BCUT2D eigenvalue weighted by atomic mass is 16.2. The van der Waals surface area contributed by atoms with Gasteiger partial charge in [0.1, 0.15) is 5.69 Å². The number of ketones is 1. The van der Waals surface area contributed by atoms with Crippen molar-refractivity contribution in [3.63, 3.8) is 0 Å². The SMILES string of the molecule is CCC(=O)c1c(C)nn2c1C(=O)NC(C)C2. The summed E-state index contributed by atoms with van der Waals surface area (Å²) in [6.07, 6.45) is 0.391. The van der Waals surface area contributed by atoms with Gasteiger partial charge < -0.3 is 5.32 Å². The van der Waals surface area contributed by atoms with Crippen LogP contribution in [0.2, 0.25) is 0 Å². The second kappa shape index (κ2) is 3.73. The number of nitrogens with zero attached hydrogens (tertiary/aromatic N) is 2. The molecule has 0 saturated carbocycles. The lowest BCUT2D eigenvalue weighted by Gasteiger charge is -2.21. The van der Waals surface area contributed by atoms with Crippen LogP contribution in [0.5, 0.6) is 0 Å². The lowest BCUT2D eigenvalue weighted by Crippen LogP contribution is -2.43. The van der Waals surface area contributed by atoms with Gasteiger partial charge in [0.25, 0.3) is 5.91 Å². The molecule has 0 bridgehead atoms. The normalized spacial score (nSPS) is 19.2. The van der Waals surface area contributed by atoms with Crippen molar-refractivity contribution in [2.75, 3.05) is 0 Å². The van der Waals surface area contributed by atoms with Crippen LogP contribution in [0, 0.1) is 6.92 Å². The fourth-order valence-corrected chi connectivity index (χ4v) is 2.05. The van der Waals surface area contributed by atoms with Crippen molar-refractivity contribution in [2.45, 2.75) is 39.8 Å². The minimum atomic E-state index is -0.198. The molecule has 1 aliphatic rings. The summed E-state index contributed by atoms with van der Waals surface area (Å²) in [5, 5.41) is 7.07. The molecule has 1 atom stereocenters. The standard InChI is InChI=1S/C11H15N3O2/c1-4-8(15)9-7(3)13-14-5-6(2)12-11(16)10(9)14/h6H,4-5H2,1-3H3,(H,12,16). The molecule has 1 amide bonds. The number of amides is 1. The van der Waals surface area contributed by atoms with E-state index in [0.29, 0.717) is 29.9 Å². The molecule has 1 aromatic heterocycles. The summed E-state index contributed by atoms with van der Waals surface area (Å²) in [7, 11) is 0. The van der Waals surface area contributed by atoms with Crippen LogP contribution < -0.4 is 5.32 Å². The van der Waals surface area contributed by atoms with Gasteiger partial charge in [0.05, 0.1) is 17.8 Å². The van der Waals surface area contributed by atoms with Crippen LogP contribution in [-0.4, -0.2) is 27.5 Å². The van der Waals surface area contributed by atoms with Crippen molar-refractivity contribution in [1.82, 2.24) is 15.1 Å². The zero-order chi connectivity index (χ0) is 11.9. The van der Waals surface area contributed by atoms with Gasteiger partial charge in [-0.15, -0.1) is 0 Å². The molecule has 1 aliphatic heterocycles. The smallest absolute Gasteiger partial charge is 0.270 e. The highest BCUT2D eigenvalue weighted by Crippen LogP contribution is 2.19. The number of nitrogens with one attached hydrogen (secondary N) is 1. The Labute approximate surface area is 93.8 Å². The van der Waals surface area contributed by atoms with E-state index in [1.165, 1.54) is 0 Å². The van der Waals surface area contributed by atoms with Gasteiger partial charge in [-0.1, -0.05) is 6.92 Å². The number of aromatic nitrogens is 2. The first-order valence-electron chi connectivity index (χ1n) is 5.46. The van der Waals surface area contributed by atoms with E-state index >= 15 is 0 Å². The maximum atomic E-state index is 11.8. The first kappa shape index (κ1) is 10.9. The molecule has 1 N–H and O–H groups in total. The van der Waals surface area contributed by atoms with E-state index in [1.54, 1.807) is 18.5 Å². The molecule has 0 aromatic carbocycles. The lowest BCUT2D eigenvalue weighted by atomic mass is 10.0. The predicted octanol–water partition coefficient (Wildman–Crippen LogP) is 0.916. The summed E-state index contributed by atoms with van der Waals surface area (Å²) in [5.74, 6) is -0.223. The van der Waals surface area contributed by atoms with Crippen molar-refractivity contribution in [1.29, 1.82) is 0 Å². The van der Waals surface area contributed by atoms with Gasteiger partial charge in [-0.2, -0.15) is 5.10 Å². The third kappa shape index (κ3) is 1.52. The van der Waals surface area contributed by atoms with Gasteiger partial charge in [0.2, 0.25) is 0 Å². The highest BCUT2D eigenvalue weighted by molar-refractivity contribution is 6.08. The molecule has 5 nitrogen and oxygen atoms in total. The summed E-state index contributed by atoms with van der Waals surface area (Å²) in [5.41, 5.74) is 1.54. The van der Waals surface area contributed by atoms with Crippen LogP contribution in [0.4, 0.5) is 0 Å². The number of aryl methyl sites for hydroxylation is 1. The molecular weight excluding hydrogens is 206 g/mol. The predicted molar refractivity (Wildman–Crippen MR) is 58.5 cm³/mol. The van der Waals surface area contributed by atoms with Gasteiger partial charge in [-0.3, -0.25) is 14.3 Å². The average Bonchev–Trinajstić information content (AvgIpc) is 2.53. The third-order valence-electron chi connectivity index (χ3n) is 2.77. The van der Waals surface area contributed by atoms with Crippen LogP contribution in [0.3, 0.4) is 0 Å². The van der Waals surface area contributed by atoms with Crippen molar-refractivity contribution in [3.8, 4) is 0 Å². The molecule has 0 radical (unpaired) electrons. The number of carbonyl (C=O) groups is 2. The first-order chi connectivity index (χ1) is 7.54. The Balaban J connectivity index is 2.56. The number of carbonyl (C=O) groups excluding carboxylic acids is 2. The van der Waals surface area contributed by atoms with Crippen molar-refractivity contribution >= 4 is 11.7 Å². The second-order valence-electron chi connectivity index (χ2n) is 4.14. The number of hydrogen-bond acceptors (Lipinski definition) is 3. The maximum absolute atomic E-state index is 11.8. The zero-order valence-electron chi connectivity index (χ0n) is 9.70. The van der Waals surface area contributed by atoms with Crippen molar-refractivity contribution < 1.29 is 9.59 Å². The van der Waals surface area contributed by atoms with Gasteiger partial charge in [0, 0.05) is 12.5 Å². The van der Waals surface area contributed by atoms with Crippen LogP contribution in [-0.2, 0) is 6.54 Å². The minimum absolute atomic E-state index is 0.0246. The molecule has 2 rings (SSSR count). The summed E-state index contributed by atoms with van der Waals surface area (Å²) >= 11 is 0. The number of rotatable bonds is 2. The van der Waals surface area contributed by atoms with Crippen LogP contribution >= 0.6 is 0 Å². The largest absolute Gasteiger partial charge is 0.346 e. The molecule has 16 heavy (non-hydrogen) atoms. The Morgan fingerprint density at radius 2 is 2.31 bits per heavy atom. The average molecular weight is 221 g/mol. The highest BCUT2D eigenvalue weighted by Gasteiger charge is 2.30. The van der Waals surface area contributed by atoms with E-state index in [-0.39, 0.29) is 17.7 Å². The summed E-state index contributed by atoms with van der Waals surface area (Å²) < 4.78 is 1.64. The molecular formula is C11H15N3O2. The monoisotopic (exact) mass is 221 g/mol. The van der Waals surface area contributed by atoms with Gasteiger partial charge in [-0.05, 0) is 13.8 Å². The molecule has 0 spiro atoms. The molecule has 0 fully saturated rings. The maximum Gasteiger partial charge on any atom is 0.270 e.